The summed E-state index contributed by atoms with van der Waals surface area (Å²) in [5, 5.41) is 0. The van der Waals surface area contributed by atoms with Crippen LogP contribution in [0.15, 0.2) is 37.1 Å². The molecule has 1 N–H and O–H groups in total. The summed E-state index contributed by atoms with van der Waals surface area (Å²) in [5.41, 5.74) is 2.18. The summed E-state index contributed by atoms with van der Waals surface area (Å²) in [7, 11) is 0. The van der Waals surface area contributed by atoms with Crippen LogP contribution in [0.3, 0.4) is 0 Å². The smallest absolute Gasteiger partial charge is 0.227 e. The Hall–Kier alpha value is -2.70. The Morgan fingerprint density at radius 3 is 2.75 bits per heavy atom. The first kappa shape index (κ1) is 18.7. The van der Waals surface area contributed by atoms with Gasteiger partial charge in [-0.2, -0.15) is 0 Å². The third-order valence-corrected chi connectivity index (χ3v) is 6.21. The molecule has 0 aliphatic carbocycles. The predicted octanol–water partition coefficient (Wildman–Crippen LogP) is 1.82. The summed E-state index contributed by atoms with van der Waals surface area (Å²) in [4.78, 5) is 40.2. The molecule has 2 fully saturated rings. The highest BCUT2D eigenvalue weighted by molar-refractivity contribution is 5.79. The second-order valence-corrected chi connectivity index (χ2v) is 8.06. The van der Waals surface area contributed by atoms with Crippen molar-refractivity contribution in [3.05, 3.63) is 48.3 Å². The van der Waals surface area contributed by atoms with E-state index in [1.54, 1.807) is 18.7 Å². The first-order valence-corrected chi connectivity index (χ1v) is 10.1. The highest BCUT2D eigenvalue weighted by atomic mass is 16.2. The fraction of sp³-hybridized carbons (Fsp3) is 0.524. The molecule has 0 unspecified atom stereocenters. The van der Waals surface area contributed by atoms with E-state index in [0.717, 1.165) is 63.1 Å². The number of hydrogen-bond donors (Lipinski definition) is 1. The van der Waals surface area contributed by atoms with Crippen molar-refractivity contribution < 1.29 is 9.59 Å². The van der Waals surface area contributed by atoms with E-state index < -0.39 is 0 Å². The molecule has 2 aromatic heterocycles. The van der Waals surface area contributed by atoms with Crippen molar-refractivity contribution in [2.75, 3.05) is 26.2 Å². The van der Waals surface area contributed by atoms with Gasteiger partial charge in [0, 0.05) is 63.3 Å². The molecule has 2 aliphatic heterocycles. The van der Waals surface area contributed by atoms with Gasteiger partial charge in [-0.3, -0.25) is 14.6 Å². The number of hydrogen-bond acceptors (Lipinski definition) is 4. The van der Waals surface area contributed by atoms with Gasteiger partial charge >= 0.3 is 0 Å². The normalized spacial score (nSPS) is 19.2. The quantitative estimate of drug-likeness (QED) is 0.857. The minimum atomic E-state index is 0.160. The lowest BCUT2D eigenvalue weighted by molar-refractivity contribution is -0.142. The lowest BCUT2D eigenvalue weighted by atomic mass is 9.72. The zero-order chi connectivity index (χ0) is 19.4. The summed E-state index contributed by atoms with van der Waals surface area (Å²) in [6.07, 6.45) is 11.7. The SMILES string of the molecule is O=C(Cc1cccnc1)N1CCC2(CCC(=O)N(CCc3cnc[nH]3)C2)CC1. The van der Waals surface area contributed by atoms with Crippen LogP contribution in [-0.2, 0) is 22.4 Å². The van der Waals surface area contributed by atoms with Crippen LogP contribution in [0.25, 0.3) is 0 Å². The lowest BCUT2D eigenvalue weighted by Crippen LogP contribution is -2.52. The van der Waals surface area contributed by atoms with E-state index in [-0.39, 0.29) is 17.2 Å². The van der Waals surface area contributed by atoms with Crippen molar-refractivity contribution in [3.63, 3.8) is 0 Å². The molecule has 2 aliphatic rings. The molecule has 0 aromatic carbocycles. The van der Waals surface area contributed by atoms with Gasteiger partial charge in [0.1, 0.15) is 0 Å². The molecule has 7 heteroatoms. The Morgan fingerprint density at radius 1 is 1.18 bits per heavy atom. The predicted molar refractivity (Wildman–Crippen MR) is 104 cm³/mol. The van der Waals surface area contributed by atoms with Crippen LogP contribution in [0, 0.1) is 5.41 Å². The van der Waals surface area contributed by atoms with E-state index in [1.807, 2.05) is 28.1 Å². The van der Waals surface area contributed by atoms with Crippen molar-refractivity contribution in [2.24, 2.45) is 5.41 Å². The minimum Gasteiger partial charge on any atom is -0.348 e. The van der Waals surface area contributed by atoms with Crippen LogP contribution in [-0.4, -0.2) is 62.7 Å². The molecule has 4 heterocycles. The van der Waals surface area contributed by atoms with Crippen molar-refractivity contribution in [1.82, 2.24) is 24.8 Å². The zero-order valence-corrected chi connectivity index (χ0v) is 16.1. The van der Waals surface area contributed by atoms with E-state index >= 15 is 0 Å². The van der Waals surface area contributed by atoms with E-state index in [0.29, 0.717) is 12.8 Å². The van der Waals surface area contributed by atoms with Crippen LogP contribution in [0.2, 0.25) is 0 Å². The van der Waals surface area contributed by atoms with Crippen molar-refractivity contribution >= 4 is 11.8 Å². The summed E-state index contributed by atoms with van der Waals surface area (Å²) in [6, 6.07) is 3.81. The van der Waals surface area contributed by atoms with E-state index in [9.17, 15) is 9.59 Å². The number of nitrogens with one attached hydrogen (secondary N) is 1. The standard InChI is InChI=1S/C21H27N5O2/c27-19-3-5-21(15-26(19)9-4-18-14-23-16-24-18)6-10-25(11-7-21)20(28)12-17-2-1-8-22-13-17/h1-2,8,13-14,16H,3-7,9-12,15H2,(H,23,24). The Balaban J connectivity index is 1.31. The highest BCUT2D eigenvalue weighted by Gasteiger charge is 2.41. The number of rotatable bonds is 5. The van der Waals surface area contributed by atoms with Crippen LogP contribution < -0.4 is 0 Å². The number of aromatic amines is 1. The van der Waals surface area contributed by atoms with Gasteiger partial charge in [-0.25, -0.2) is 4.98 Å². The van der Waals surface area contributed by atoms with E-state index in [4.69, 9.17) is 0 Å². The summed E-state index contributed by atoms with van der Waals surface area (Å²) in [5.74, 6) is 0.422. The Kier molecular flexibility index (Phi) is 5.41. The third-order valence-electron chi connectivity index (χ3n) is 6.21. The Morgan fingerprint density at radius 2 is 2.04 bits per heavy atom. The number of carbonyl (C=O) groups excluding carboxylic acids is 2. The van der Waals surface area contributed by atoms with Gasteiger partial charge in [-0.15, -0.1) is 0 Å². The minimum absolute atomic E-state index is 0.160. The van der Waals surface area contributed by atoms with Crippen molar-refractivity contribution in [2.45, 2.75) is 38.5 Å². The maximum Gasteiger partial charge on any atom is 0.227 e. The first-order valence-electron chi connectivity index (χ1n) is 10.1. The van der Waals surface area contributed by atoms with Crippen LogP contribution in [0.4, 0.5) is 0 Å². The molecule has 28 heavy (non-hydrogen) atoms. The molecule has 7 nitrogen and oxygen atoms in total. The zero-order valence-electron chi connectivity index (χ0n) is 16.1. The summed E-state index contributed by atoms with van der Waals surface area (Å²) >= 11 is 0. The number of likely N-dealkylation sites (tertiary alicyclic amines) is 2. The molecule has 2 amide bonds. The van der Waals surface area contributed by atoms with Crippen molar-refractivity contribution in [3.8, 4) is 0 Å². The topological polar surface area (TPSA) is 82.2 Å². The molecule has 4 rings (SSSR count). The van der Waals surface area contributed by atoms with Gasteiger partial charge in [-0.05, 0) is 36.3 Å². The lowest BCUT2D eigenvalue weighted by Gasteiger charge is -2.47. The van der Waals surface area contributed by atoms with E-state index in [1.165, 1.54) is 0 Å². The number of carbonyl (C=O) groups is 2. The maximum atomic E-state index is 12.6. The maximum absolute atomic E-state index is 12.6. The molecule has 2 saturated heterocycles. The number of imidazole rings is 1. The molecule has 1 spiro atoms. The average Bonchev–Trinajstić information content (AvgIpc) is 3.24. The number of piperidine rings is 2. The molecule has 0 saturated carbocycles. The highest BCUT2D eigenvalue weighted by Crippen LogP contribution is 2.40. The molecule has 0 radical (unpaired) electrons. The van der Waals surface area contributed by atoms with Gasteiger partial charge < -0.3 is 14.8 Å². The number of aromatic nitrogens is 3. The van der Waals surface area contributed by atoms with Gasteiger partial charge in [0.05, 0.1) is 12.7 Å². The molecular weight excluding hydrogens is 354 g/mol. The molecule has 148 valence electrons. The number of pyridine rings is 1. The number of amides is 2. The van der Waals surface area contributed by atoms with Crippen LogP contribution in [0.1, 0.15) is 36.9 Å². The summed E-state index contributed by atoms with van der Waals surface area (Å²) < 4.78 is 0. The molecule has 2 aromatic rings. The van der Waals surface area contributed by atoms with Gasteiger partial charge in [0.25, 0.3) is 0 Å². The first-order chi connectivity index (χ1) is 13.6. The van der Waals surface area contributed by atoms with Crippen LogP contribution >= 0.6 is 0 Å². The number of H-pyrrole nitrogens is 1. The fourth-order valence-electron chi connectivity index (χ4n) is 4.41. The molecule has 0 atom stereocenters. The Bertz CT molecular complexity index is 797. The average molecular weight is 381 g/mol. The number of nitrogens with zero attached hydrogens (tertiary/aromatic N) is 4. The fourth-order valence-corrected chi connectivity index (χ4v) is 4.41. The largest absolute Gasteiger partial charge is 0.348 e. The van der Waals surface area contributed by atoms with Gasteiger partial charge in [0.2, 0.25) is 11.8 Å². The molecular formula is C21H27N5O2. The third kappa shape index (κ3) is 4.24. The van der Waals surface area contributed by atoms with E-state index in [2.05, 4.69) is 15.0 Å². The van der Waals surface area contributed by atoms with Crippen molar-refractivity contribution in [1.29, 1.82) is 0 Å². The molecule has 0 bridgehead atoms. The monoisotopic (exact) mass is 381 g/mol. The van der Waals surface area contributed by atoms with Gasteiger partial charge in [-0.1, -0.05) is 6.07 Å². The summed E-state index contributed by atoms with van der Waals surface area (Å²) in [6.45, 7) is 3.10. The van der Waals surface area contributed by atoms with Crippen LogP contribution in [0.5, 0.6) is 0 Å². The Labute approximate surface area is 165 Å². The second kappa shape index (κ2) is 8.12. The second-order valence-electron chi connectivity index (χ2n) is 8.06. The van der Waals surface area contributed by atoms with Gasteiger partial charge in [0.15, 0.2) is 0 Å².